The van der Waals surface area contributed by atoms with E-state index >= 15 is 0 Å². The van der Waals surface area contributed by atoms with E-state index in [0.29, 0.717) is 23.6 Å². The van der Waals surface area contributed by atoms with Crippen LogP contribution in [0.2, 0.25) is 0 Å². The predicted octanol–water partition coefficient (Wildman–Crippen LogP) is 0.946. The van der Waals surface area contributed by atoms with E-state index in [0.717, 1.165) is 0 Å². The monoisotopic (exact) mass is 254 g/mol. The molecule has 0 aliphatic heterocycles. The molecular formula is C12H18N2O4. The molecule has 0 unspecified atom stereocenters. The molecule has 6 nitrogen and oxygen atoms in total. The number of benzene rings is 1. The van der Waals surface area contributed by atoms with Crippen LogP contribution in [0.15, 0.2) is 18.2 Å². The van der Waals surface area contributed by atoms with Crippen LogP contribution in [0.25, 0.3) is 0 Å². The maximum absolute atomic E-state index is 10.8. The molecule has 0 saturated heterocycles. The fourth-order valence-electron chi connectivity index (χ4n) is 1.11. The Morgan fingerprint density at radius 2 is 1.94 bits per heavy atom. The summed E-state index contributed by atoms with van der Waals surface area (Å²) < 4.78 is 9.31. The molecule has 0 aliphatic carbocycles. The molecule has 0 aliphatic rings. The van der Waals surface area contributed by atoms with Crippen LogP contribution in [0.3, 0.4) is 0 Å². The number of hydrogen-bond donors (Lipinski definition) is 2. The highest BCUT2D eigenvalue weighted by Gasteiger charge is 2.07. The van der Waals surface area contributed by atoms with E-state index in [1.807, 2.05) is 0 Å². The molecule has 0 spiro atoms. The maximum atomic E-state index is 10.8. The second-order valence-electron chi connectivity index (χ2n) is 3.25. The number of esters is 1. The van der Waals surface area contributed by atoms with Crippen molar-refractivity contribution in [1.29, 1.82) is 0 Å². The number of methoxy groups -OCH3 is 1. The molecule has 1 rings (SSSR count). The Morgan fingerprint density at radius 3 is 2.28 bits per heavy atom. The molecule has 1 amide bonds. The van der Waals surface area contributed by atoms with Crippen molar-refractivity contribution in [3.05, 3.63) is 23.8 Å². The van der Waals surface area contributed by atoms with Crippen LogP contribution >= 0.6 is 0 Å². The summed E-state index contributed by atoms with van der Waals surface area (Å²) >= 11 is 0. The molecule has 0 aromatic heterocycles. The van der Waals surface area contributed by atoms with Gasteiger partial charge in [-0.15, -0.1) is 0 Å². The first-order valence-electron chi connectivity index (χ1n) is 5.29. The van der Waals surface area contributed by atoms with Gasteiger partial charge in [-0.1, -0.05) is 0 Å². The Balaban J connectivity index is 0.000000411. The zero-order chi connectivity index (χ0) is 14.1. The Morgan fingerprint density at radius 1 is 1.33 bits per heavy atom. The number of amides is 1. The van der Waals surface area contributed by atoms with Gasteiger partial charge >= 0.3 is 5.97 Å². The molecule has 0 atom stereocenters. The van der Waals surface area contributed by atoms with Crippen molar-refractivity contribution in [2.24, 2.45) is 5.73 Å². The molecule has 4 N–H and O–H groups in total. The van der Waals surface area contributed by atoms with Crippen molar-refractivity contribution in [2.45, 2.75) is 13.8 Å². The first-order chi connectivity index (χ1) is 8.42. The van der Waals surface area contributed by atoms with Gasteiger partial charge in [-0.05, 0) is 19.1 Å². The molecule has 1 aromatic rings. The average molecular weight is 254 g/mol. The summed E-state index contributed by atoms with van der Waals surface area (Å²) in [5, 5.41) is 0. The number of hydrogen-bond acceptors (Lipinski definition) is 5. The van der Waals surface area contributed by atoms with E-state index in [4.69, 9.17) is 16.2 Å². The minimum atomic E-state index is -0.521. The third-order valence-electron chi connectivity index (χ3n) is 1.84. The number of rotatable bonds is 3. The Kier molecular flexibility index (Phi) is 6.95. The number of nitrogens with two attached hydrogens (primary N) is 2. The molecule has 0 heterocycles. The molecule has 0 radical (unpaired) electrons. The molecule has 0 bridgehead atoms. The van der Waals surface area contributed by atoms with E-state index in [2.05, 4.69) is 4.74 Å². The van der Waals surface area contributed by atoms with Crippen molar-refractivity contribution in [2.75, 3.05) is 19.5 Å². The van der Waals surface area contributed by atoms with Crippen molar-refractivity contribution >= 4 is 17.6 Å². The Labute approximate surface area is 106 Å². The summed E-state index contributed by atoms with van der Waals surface area (Å²) in [5.74, 6) is -0.327. The Bertz CT molecular complexity index is 419. The highest BCUT2D eigenvalue weighted by Crippen LogP contribution is 2.20. The number of carbonyl (C=O) groups excluding carboxylic acids is 2. The predicted molar refractivity (Wildman–Crippen MR) is 68.2 cm³/mol. The van der Waals surface area contributed by atoms with Gasteiger partial charge in [-0.25, -0.2) is 0 Å². The van der Waals surface area contributed by atoms with E-state index in [9.17, 15) is 9.59 Å². The van der Waals surface area contributed by atoms with Crippen LogP contribution in [0, 0.1) is 0 Å². The lowest BCUT2D eigenvalue weighted by atomic mass is 10.2. The topological polar surface area (TPSA) is 105 Å². The average Bonchev–Trinajstić information content (AvgIpc) is 2.28. The second-order valence-corrected chi connectivity index (χ2v) is 3.25. The Hall–Kier alpha value is -2.24. The lowest BCUT2D eigenvalue weighted by Crippen LogP contribution is -2.12. The summed E-state index contributed by atoms with van der Waals surface area (Å²) in [7, 11) is 1.46. The van der Waals surface area contributed by atoms with Crippen molar-refractivity contribution < 1.29 is 19.1 Å². The van der Waals surface area contributed by atoms with Gasteiger partial charge in [0.05, 0.1) is 19.3 Å². The van der Waals surface area contributed by atoms with Crippen LogP contribution in [-0.2, 0) is 9.53 Å². The smallest absolute Gasteiger partial charge is 0.302 e. The SMILES string of the molecule is CCOC(C)=O.COc1cc(N)ccc1C(N)=O. The summed E-state index contributed by atoms with van der Waals surface area (Å²) in [5.41, 5.74) is 11.4. The number of anilines is 1. The maximum Gasteiger partial charge on any atom is 0.302 e. The van der Waals surface area contributed by atoms with Crippen LogP contribution in [-0.4, -0.2) is 25.6 Å². The molecule has 18 heavy (non-hydrogen) atoms. The minimum absolute atomic E-state index is 0.211. The summed E-state index contributed by atoms with van der Waals surface area (Å²) in [4.78, 5) is 20.6. The van der Waals surface area contributed by atoms with Crippen molar-refractivity contribution in [3.8, 4) is 5.75 Å². The number of nitrogen functional groups attached to an aromatic ring is 1. The van der Waals surface area contributed by atoms with Gasteiger partial charge in [0.1, 0.15) is 5.75 Å². The zero-order valence-corrected chi connectivity index (χ0v) is 10.7. The van der Waals surface area contributed by atoms with E-state index in [1.165, 1.54) is 20.1 Å². The molecule has 6 heteroatoms. The van der Waals surface area contributed by atoms with Gasteiger partial charge < -0.3 is 20.9 Å². The fraction of sp³-hybridized carbons (Fsp3) is 0.333. The van der Waals surface area contributed by atoms with Crippen molar-refractivity contribution in [3.63, 3.8) is 0 Å². The van der Waals surface area contributed by atoms with Gasteiger partial charge in [-0.2, -0.15) is 0 Å². The highest BCUT2D eigenvalue weighted by atomic mass is 16.5. The highest BCUT2D eigenvalue weighted by molar-refractivity contribution is 5.96. The van der Waals surface area contributed by atoms with Crippen LogP contribution in [0.4, 0.5) is 5.69 Å². The summed E-state index contributed by atoms with van der Waals surface area (Å²) in [6.45, 7) is 3.65. The fourth-order valence-corrected chi connectivity index (χ4v) is 1.11. The molecule has 0 saturated carbocycles. The second kappa shape index (κ2) is 7.94. The number of ether oxygens (including phenoxy) is 2. The molecule has 1 aromatic carbocycles. The van der Waals surface area contributed by atoms with Gasteiger partial charge in [0.25, 0.3) is 5.91 Å². The van der Waals surface area contributed by atoms with Crippen molar-refractivity contribution in [1.82, 2.24) is 0 Å². The lowest BCUT2D eigenvalue weighted by Gasteiger charge is -2.05. The van der Waals surface area contributed by atoms with Crippen LogP contribution in [0.1, 0.15) is 24.2 Å². The first-order valence-corrected chi connectivity index (χ1v) is 5.29. The molecule has 100 valence electrons. The first kappa shape index (κ1) is 15.8. The van der Waals surface area contributed by atoms with E-state index in [1.54, 1.807) is 19.1 Å². The van der Waals surface area contributed by atoms with E-state index in [-0.39, 0.29) is 5.97 Å². The third-order valence-corrected chi connectivity index (χ3v) is 1.84. The lowest BCUT2D eigenvalue weighted by molar-refractivity contribution is -0.140. The molecule has 0 fully saturated rings. The number of carbonyl (C=O) groups is 2. The van der Waals surface area contributed by atoms with Crippen LogP contribution < -0.4 is 16.2 Å². The normalized spacial score (nSPS) is 8.83. The standard InChI is InChI=1S/C8H10N2O2.C4H8O2/c1-12-7-4-5(9)2-3-6(7)8(10)11;1-3-6-4(2)5/h2-4H,9H2,1H3,(H2,10,11);3H2,1-2H3. The largest absolute Gasteiger partial charge is 0.496 e. The minimum Gasteiger partial charge on any atom is -0.496 e. The van der Waals surface area contributed by atoms with Crippen LogP contribution in [0.5, 0.6) is 5.75 Å². The summed E-state index contributed by atoms with van der Waals surface area (Å²) in [6.07, 6.45) is 0. The quantitative estimate of drug-likeness (QED) is 0.617. The zero-order valence-electron chi connectivity index (χ0n) is 10.7. The van der Waals surface area contributed by atoms with E-state index < -0.39 is 5.91 Å². The van der Waals surface area contributed by atoms with Gasteiger partial charge in [0, 0.05) is 18.7 Å². The van der Waals surface area contributed by atoms with Gasteiger partial charge in [0.15, 0.2) is 0 Å². The van der Waals surface area contributed by atoms with Gasteiger partial charge in [-0.3, -0.25) is 9.59 Å². The third kappa shape index (κ3) is 5.74. The number of primary amides is 1. The summed E-state index contributed by atoms with van der Waals surface area (Å²) in [6, 6.07) is 4.69. The van der Waals surface area contributed by atoms with Gasteiger partial charge in [0.2, 0.25) is 0 Å². The molecular weight excluding hydrogens is 236 g/mol.